The number of methoxy groups -OCH3 is 1. The monoisotopic (exact) mass is 444 g/mol. The largest absolute Gasteiger partial charge is 0.496 e. The number of hydrogen-bond donors (Lipinski definition) is 1. The van der Waals surface area contributed by atoms with Gasteiger partial charge in [-0.05, 0) is 30.3 Å². The van der Waals surface area contributed by atoms with Gasteiger partial charge in [0.05, 0.1) is 24.6 Å². The molecule has 0 fully saturated rings. The molecule has 0 bridgehead atoms. The average molecular weight is 444 g/mol. The second-order valence-corrected chi connectivity index (χ2v) is 6.70. The van der Waals surface area contributed by atoms with Crippen LogP contribution in [-0.2, 0) is 12.8 Å². The van der Waals surface area contributed by atoms with Crippen molar-refractivity contribution in [2.45, 2.75) is 12.8 Å². The Labute approximate surface area is 179 Å². The minimum absolute atomic E-state index is 0.0262. The Morgan fingerprint density at radius 1 is 1.00 bits per heavy atom. The molecule has 0 amide bonds. The zero-order valence-corrected chi connectivity index (χ0v) is 16.7. The van der Waals surface area contributed by atoms with Gasteiger partial charge in [-0.3, -0.25) is 4.98 Å². The Kier molecular flexibility index (Phi) is 5.76. The maximum absolute atomic E-state index is 13.1. The van der Waals surface area contributed by atoms with Crippen molar-refractivity contribution in [1.82, 2.24) is 19.9 Å². The third-order valence-electron chi connectivity index (χ3n) is 4.65. The summed E-state index contributed by atoms with van der Waals surface area (Å²) in [6.07, 6.45) is 0.482. The summed E-state index contributed by atoms with van der Waals surface area (Å²) in [5, 5.41) is 0. The van der Waals surface area contributed by atoms with E-state index >= 15 is 0 Å². The summed E-state index contributed by atoms with van der Waals surface area (Å²) in [6, 6.07) is 8.94. The number of alkyl halides is 3. The van der Waals surface area contributed by atoms with Crippen LogP contribution in [0.15, 0.2) is 61.2 Å². The third-order valence-corrected chi connectivity index (χ3v) is 4.65. The normalized spacial score (nSPS) is 11.4. The van der Waals surface area contributed by atoms with Crippen molar-refractivity contribution < 1.29 is 27.0 Å². The van der Waals surface area contributed by atoms with Crippen molar-refractivity contribution in [3.63, 3.8) is 0 Å². The molecule has 0 saturated heterocycles. The number of nitrogens with zero attached hydrogens (tertiary/aromatic N) is 3. The molecule has 4 aromatic rings. The number of benzene rings is 1. The van der Waals surface area contributed by atoms with E-state index in [4.69, 9.17) is 9.47 Å². The highest BCUT2D eigenvalue weighted by Crippen LogP contribution is 2.35. The SMILES string of the molecule is COc1cc(OCc2ccncc2C(F)(F)F)ccc1-c1cnc(-c2ccc(F)nc2)[nH]1. The lowest BCUT2D eigenvalue weighted by atomic mass is 10.1. The number of halogens is 4. The van der Waals surface area contributed by atoms with Gasteiger partial charge in [-0.25, -0.2) is 9.97 Å². The van der Waals surface area contributed by atoms with Gasteiger partial charge in [0.25, 0.3) is 0 Å². The predicted octanol–water partition coefficient (Wildman–Crippen LogP) is 5.28. The van der Waals surface area contributed by atoms with E-state index in [0.717, 1.165) is 6.20 Å². The first-order valence-electron chi connectivity index (χ1n) is 9.33. The molecule has 1 N–H and O–H groups in total. The van der Waals surface area contributed by atoms with E-state index in [0.29, 0.717) is 34.1 Å². The fraction of sp³-hybridized carbons (Fsp3) is 0.136. The van der Waals surface area contributed by atoms with Crippen LogP contribution in [-0.4, -0.2) is 27.0 Å². The van der Waals surface area contributed by atoms with Gasteiger partial charge in [0.15, 0.2) is 0 Å². The first kappa shape index (κ1) is 21.3. The molecule has 3 aromatic heterocycles. The molecule has 0 saturated carbocycles. The van der Waals surface area contributed by atoms with Crippen LogP contribution < -0.4 is 9.47 Å². The number of pyridine rings is 2. The number of hydrogen-bond acceptors (Lipinski definition) is 5. The molecule has 6 nitrogen and oxygen atoms in total. The van der Waals surface area contributed by atoms with Crippen molar-refractivity contribution in [1.29, 1.82) is 0 Å². The maximum Gasteiger partial charge on any atom is 0.418 e. The van der Waals surface area contributed by atoms with E-state index in [2.05, 4.69) is 19.9 Å². The second-order valence-electron chi connectivity index (χ2n) is 6.70. The molecule has 0 spiro atoms. The van der Waals surface area contributed by atoms with Crippen LogP contribution in [0.25, 0.3) is 22.6 Å². The van der Waals surface area contributed by atoms with E-state index in [9.17, 15) is 17.6 Å². The van der Waals surface area contributed by atoms with Gasteiger partial charge in [0, 0.05) is 41.3 Å². The van der Waals surface area contributed by atoms with Gasteiger partial charge in [0.2, 0.25) is 5.95 Å². The van der Waals surface area contributed by atoms with Crippen LogP contribution in [0.5, 0.6) is 11.5 Å². The first-order chi connectivity index (χ1) is 15.3. The number of nitrogens with one attached hydrogen (secondary N) is 1. The Morgan fingerprint density at radius 2 is 1.84 bits per heavy atom. The summed E-state index contributed by atoms with van der Waals surface area (Å²) < 4.78 is 63.4. The number of aromatic amines is 1. The molecular weight excluding hydrogens is 428 g/mol. The lowest BCUT2D eigenvalue weighted by Gasteiger charge is -2.14. The smallest absolute Gasteiger partial charge is 0.418 e. The molecule has 1 aromatic carbocycles. The van der Waals surface area contributed by atoms with Crippen LogP contribution >= 0.6 is 0 Å². The summed E-state index contributed by atoms with van der Waals surface area (Å²) in [6.45, 7) is -0.286. The molecule has 0 atom stereocenters. The average Bonchev–Trinajstić information content (AvgIpc) is 3.27. The topological polar surface area (TPSA) is 72.9 Å². The molecule has 4 rings (SSSR count). The van der Waals surface area contributed by atoms with Crippen molar-refractivity contribution in [3.05, 3.63) is 78.3 Å². The van der Waals surface area contributed by atoms with Gasteiger partial charge >= 0.3 is 6.18 Å². The summed E-state index contributed by atoms with van der Waals surface area (Å²) >= 11 is 0. The zero-order valence-electron chi connectivity index (χ0n) is 16.7. The standard InChI is InChI=1S/C22H16F4N4O2/c1-31-19-8-15(32-12-14-6-7-27-10-17(14)22(24,25)26)3-4-16(19)18-11-29-21(30-18)13-2-5-20(23)28-9-13/h2-11H,12H2,1H3,(H,29,30). The lowest BCUT2D eigenvalue weighted by molar-refractivity contribution is -0.138. The van der Waals surface area contributed by atoms with Crippen LogP contribution in [0.2, 0.25) is 0 Å². The van der Waals surface area contributed by atoms with E-state index in [1.54, 1.807) is 30.5 Å². The fourth-order valence-corrected chi connectivity index (χ4v) is 3.07. The van der Waals surface area contributed by atoms with Gasteiger partial charge < -0.3 is 14.5 Å². The summed E-state index contributed by atoms with van der Waals surface area (Å²) in [7, 11) is 1.47. The molecule has 0 aliphatic carbocycles. The Hall–Kier alpha value is -3.95. The van der Waals surface area contributed by atoms with Crippen LogP contribution in [0.4, 0.5) is 17.6 Å². The molecule has 0 unspecified atom stereocenters. The van der Waals surface area contributed by atoms with Gasteiger partial charge in [-0.15, -0.1) is 0 Å². The number of H-pyrrole nitrogens is 1. The molecule has 0 aliphatic rings. The van der Waals surface area contributed by atoms with Crippen molar-refractivity contribution >= 4 is 0 Å². The van der Waals surface area contributed by atoms with Crippen LogP contribution in [0, 0.1) is 5.95 Å². The molecule has 3 heterocycles. The summed E-state index contributed by atoms with van der Waals surface area (Å²) in [4.78, 5) is 14.5. The van der Waals surface area contributed by atoms with E-state index in [1.807, 2.05) is 0 Å². The Balaban J connectivity index is 1.55. The van der Waals surface area contributed by atoms with Crippen LogP contribution in [0.1, 0.15) is 11.1 Å². The number of rotatable bonds is 6. The predicted molar refractivity (Wildman–Crippen MR) is 107 cm³/mol. The van der Waals surface area contributed by atoms with Crippen molar-refractivity contribution in [2.75, 3.05) is 7.11 Å². The minimum atomic E-state index is -4.52. The van der Waals surface area contributed by atoms with Crippen molar-refractivity contribution in [2.24, 2.45) is 0 Å². The van der Waals surface area contributed by atoms with Crippen molar-refractivity contribution in [3.8, 4) is 34.1 Å². The van der Waals surface area contributed by atoms with Gasteiger partial charge in [-0.1, -0.05) is 0 Å². The van der Waals surface area contributed by atoms with E-state index in [-0.39, 0.29) is 12.2 Å². The number of aromatic nitrogens is 4. The fourth-order valence-electron chi connectivity index (χ4n) is 3.07. The molecular formula is C22H16F4N4O2. The minimum Gasteiger partial charge on any atom is -0.496 e. The molecule has 164 valence electrons. The highest BCUT2D eigenvalue weighted by Gasteiger charge is 2.33. The van der Waals surface area contributed by atoms with Gasteiger partial charge in [-0.2, -0.15) is 17.6 Å². The molecule has 0 aliphatic heterocycles. The molecule has 0 radical (unpaired) electrons. The molecule has 32 heavy (non-hydrogen) atoms. The van der Waals surface area contributed by atoms with E-state index < -0.39 is 17.7 Å². The highest BCUT2D eigenvalue weighted by atomic mass is 19.4. The first-order valence-corrected chi connectivity index (χ1v) is 9.33. The van der Waals surface area contributed by atoms with E-state index in [1.165, 1.54) is 31.6 Å². The Morgan fingerprint density at radius 3 is 2.56 bits per heavy atom. The quantitative estimate of drug-likeness (QED) is 0.324. The highest BCUT2D eigenvalue weighted by molar-refractivity contribution is 5.70. The summed E-state index contributed by atoms with van der Waals surface area (Å²) in [5.74, 6) is 0.665. The third kappa shape index (κ3) is 4.53. The van der Waals surface area contributed by atoms with Crippen LogP contribution in [0.3, 0.4) is 0 Å². The number of imidazole rings is 1. The second kappa shape index (κ2) is 8.66. The molecule has 10 heteroatoms. The summed E-state index contributed by atoms with van der Waals surface area (Å²) in [5.41, 5.74) is 1.02. The maximum atomic E-state index is 13.1. The van der Waals surface area contributed by atoms with Gasteiger partial charge in [0.1, 0.15) is 23.9 Å². The lowest BCUT2D eigenvalue weighted by Crippen LogP contribution is -2.11. The zero-order chi connectivity index (χ0) is 22.7. The Bertz CT molecular complexity index is 1220. The number of ether oxygens (including phenoxy) is 2.